The molecule has 0 saturated carbocycles. The van der Waals surface area contributed by atoms with E-state index in [1.54, 1.807) is 78.9 Å². The standard InChI is InChI=1S/C31H25ClN4O6S/c1-42-28-16-13-23(18-25(28)32)33-29(37)19-43-24-14-11-22(12-15-24)34-31(39)26(35-30(38)20-7-3-2-4-8-20)17-21-9-5-6-10-27(21)36(40)41/h2-18H,19H2,1H3,(H,33,37)(H,34,39)(H,35,38)/b26-17-. The molecule has 0 spiro atoms. The van der Waals surface area contributed by atoms with E-state index in [4.69, 9.17) is 16.3 Å². The van der Waals surface area contributed by atoms with Crippen LogP contribution in [0.5, 0.6) is 5.75 Å². The van der Waals surface area contributed by atoms with Gasteiger partial charge in [-0.2, -0.15) is 0 Å². The fourth-order valence-electron chi connectivity index (χ4n) is 3.80. The molecule has 0 aliphatic heterocycles. The third-order valence-electron chi connectivity index (χ3n) is 5.88. The molecule has 0 fully saturated rings. The van der Waals surface area contributed by atoms with Gasteiger partial charge >= 0.3 is 0 Å². The Morgan fingerprint density at radius 3 is 2.26 bits per heavy atom. The number of carbonyl (C=O) groups is 3. The van der Waals surface area contributed by atoms with Gasteiger partial charge in [0.1, 0.15) is 11.4 Å². The van der Waals surface area contributed by atoms with Crippen molar-refractivity contribution in [3.8, 4) is 5.75 Å². The fraction of sp³-hybridized carbons (Fsp3) is 0.0645. The summed E-state index contributed by atoms with van der Waals surface area (Å²) in [5.41, 5.74) is 1.00. The van der Waals surface area contributed by atoms with Crippen molar-refractivity contribution >= 4 is 64.2 Å². The molecule has 0 aliphatic carbocycles. The molecule has 0 radical (unpaired) electrons. The summed E-state index contributed by atoms with van der Waals surface area (Å²) in [7, 11) is 1.50. The predicted molar refractivity (Wildman–Crippen MR) is 167 cm³/mol. The van der Waals surface area contributed by atoms with E-state index in [0.29, 0.717) is 27.7 Å². The molecule has 4 rings (SSSR count). The van der Waals surface area contributed by atoms with Gasteiger partial charge < -0.3 is 20.7 Å². The Kier molecular flexibility index (Phi) is 10.5. The van der Waals surface area contributed by atoms with Crippen molar-refractivity contribution < 1.29 is 24.0 Å². The van der Waals surface area contributed by atoms with Gasteiger partial charge in [-0.05, 0) is 66.7 Å². The van der Waals surface area contributed by atoms with E-state index in [2.05, 4.69) is 16.0 Å². The van der Waals surface area contributed by atoms with Crippen LogP contribution in [0.3, 0.4) is 0 Å². The summed E-state index contributed by atoms with van der Waals surface area (Å²) in [6.45, 7) is 0. The maximum Gasteiger partial charge on any atom is 0.276 e. The smallest absolute Gasteiger partial charge is 0.276 e. The summed E-state index contributed by atoms with van der Waals surface area (Å²) in [4.78, 5) is 50.2. The summed E-state index contributed by atoms with van der Waals surface area (Å²) in [5, 5.41) is 19.9. The number of ether oxygens (including phenoxy) is 1. The second kappa shape index (κ2) is 14.7. The van der Waals surface area contributed by atoms with Crippen molar-refractivity contribution in [1.29, 1.82) is 0 Å². The highest BCUT2D eigenvalue weighted by molar-refractivity contribution is 8.00. The number of nitro groups is 1. The molecule has 4 aromatic rings. The predicted octanol–water partition coefficient (Wildman–Crippen LogP) is 6.40. The molecule has 0 atom stereocenters. The zero-order valence-electron chi connectivity index (χ0n) is 22.7. The number of benzene rings is 4. The molecule has 0 aromatic heterocycles. The lowest BCUT2D eigenvalue weighted by Crippen LogP contribution is -2.30. The van der Waals surface area contributed by atoms with Crippen LogP contribution < -0.4 is 20.7 Å². The van der Waals surface area contributed by atoms with Gasteiger partial charge in [-0.3, -0.25) is 24.5 Å². The van der Waals surface area contributed by atoms with Crippen LogP contribution >= 0.6 is 23.4 Å². The van der Waals surface area contributed by atoms with E-state index in [1.807, 2.05) is 0 Å². The molecule has 0 heterocycles. The first-order valence-corrected chi connectivity index (χ1v) is 14.1. The monoisotopic (exact) mass is 616 g/mol. The van der Waals surface area contributed by atoms with Crippen molar-refractivity contribution in [2.75, 3.05) is 23.5 Å². The minimum Gasteiger partial charge on any atom is -0.495 e. The Balaban J connectivity index is 1.43. The molecule has 0 unspecified atom stereocenters. The highest BCUT2D eigenvalue weighted by Gasteiger charge is 2.18. The highest BCUT2D eigenvalue weighted by Crippen LogP contribution is 2.28. The van der Waals surface area contributed by atoms with Crippen LogP contribution in [-0.4, -0.2) is 35.5 Å². The van der Waals surface area contributed by atoms with Crippen LogP contribution in [0.1, 0.15) is 15.9 Å². The molecule has 0 bridgehead atoms. The van der Waals surface area contributed by atoms with Gasteiger partial charge in [-0.1, -0.05) is 41.9 Å². The number of anilines is 2. The largest absolute Gasteiger partial charge is 0.495 e. The number of para-hydroxylation sites is 1. The van der Waals surface area contributed by atoms with Crippen molar-refractivity contribution in [2.45, 2.75) is 4.90 Å². The van der Waals surface area contributed by atoms with Crippen molar-refractivity contribution in [1.82, 2.24) is 5.32 Å². The minimum absolute atomic E-state index is 0.129. The zero-order valence-corrected chi connectivity index (χ0v) is 24.3. The Bertz CT molecular complexity index is 1680. The molecule has 10 nitrogen and oxygen atoms in total. The van der Waals surface area contributed by atoms with Crippen LogP contribution in [0.25, 0.3) is 6.08 Å². The first-order chi connectivity index (χ1) is 20.7. The molecule has 12 heteroatoms. The maximum absolute atomic E-state index is 13.3. The quantitative estimate of drug-likeness (QED) is 0.0767. The molecular weight excluding hydrogens is 592 g/mol. The van der Waals surface area contributed by atoms with Crippen LogP contribution in [0, 0.1) is 10.1 Å². The number of hydrogen-bond acceptors (Lipinski definition) is 7. The average Bonchev–Trinajstić information content (AvgIpc) is 3.01. The van der Waals surface area contributed by atoms with E-state index in [-0.39, 0.29) is 28.6 Å². The molecule has 43 heavy (non-hydrogen) atoms. The molecule has 218 valence electrons. The lowest BCUT2D eigenvalue weighted by Gasteiger charge is -2.12. The molecule has 0 saturated heterocycles. The van der Waals surface area contributed by atoms with Crippen LogP contribution in [0.15, 0.2) is 108 Å². The topological polar surface area (TPSA) is 140 Å². The Labute approximate surface area is 256 Å². The van der Waals surface area contributed by atoms with E-state index >= 15 is 0 Å². The van der Waals surface area contributed by atoms with Gasteiger partial charge in [0.25, 0.3) is 17.5 Å². The first-order valence-electron chi connectivity index (χ1n) is 12.7. The second-order valence-corrected chi connectivity index (χ2v) is 10.3. The molecular formula is C31H25ClN4O6S. The number of amides is 3. The van der Waals surface area contributed by atoms with Gasteiger partial charge in [-0.15, -0.1) is 11.8 Å². The average molecular weight is 617 g/mol. The summed E-state index contributed by atoms with van der Waals surface area (Å²) in [6, 6.07) is 25.8. The Morgan fingerprint density at radius 1 is 0.907 bits per heavy atom. The molecule has 3 N–H and O–H groups in total. The SMILES string of the molecule is COc1ccc(NC(=O)CSc2ccc(NC(=O)/C(=C/c3ccccc3[N+](=O)[O-])NC(=O)c3ccccc3)cc2)cc1Cl. The van der Waals surface area contributed by atoms with E-state index in [0.717, 1.165) is 4.90 Å². The summed E-state index contributed by atoms with van der Waals surface area (Å²) >= 11 is 7.40. The van der Waals surface area contributed by atoms with Crippen molar-refractivity contribution in [3.63, 3.8) is 0 Å². The molecule has 4 aromatic carbocycles. The summed E-state index contributed by atoms with van der Waals surface area (Å²) in [6.07, 6.45) is 1.26. The van der Waals surface area contributed by atoms with Gasteiger partial charge in [0.15, 0.2) is 0 Å². The van der Waals surface area contributed by atoms with Gasteiger partial charge in [-0.25, -0.2) is 0 Å². The maximum atomic E-state index is 13.3. The number of rotatable bonds is 11. The van der Waals surface area contributed by atoms with Gasteiger partial charge in [0, 0.05) is 27.9 Å². The number of methoxy groups -OCH3 is 1. The number of thioether (sulfide) groups is 1. The van der Waals surface area contributed by atoms with E-state index < -0.39 is 16.7 Å². The summed E-state index contributed by atoms with van der Waals surface area (Å²) in [5.74, 6) is -0.835. The molecule has 0 aliphatic rings. The Morgan fingerprint density at radius 2 is 1.58 bits per heavy atom. The minimum atomic E-state index is -0.680. The number of nitrogens with zero attached hydrogens (tertiary/aromatic N) is 1. The zero-order chi connectivity index (χ0) is 30.8. The Hall–Kier alpha value is -5.13. The van der Waals surface area contributed by atoms with Crippen molar-refractivity contribution in [2.24, 2.45) is 0 Å². The molecule has 3 amide bonds. The summed E-state index contributed by atoms with van der Waals surface area (Å²) < 4.78 is 5.11. The third-order valence-corrected chi connectivity index (χ3v) is 7.19. The van der Waals surface area contributed by atoms with Crippen LogP contribution in [0.2, 0.25) is 5.02 Å². The fourth-order valence-corrected chi connectivity index (χ4v) is 4.75. The van der Waals surface area contributed by atoms with Crippen LogP contribution in [0.4, 0.5) is 17.1 Å². The normalized spacial score (nSPS) is 10.9. The first kappa shape index (κ1) is 30.8. The van der Waals surface area contributed by atoms with Gasteiger partial charge in [0.2, 0.25) is 5.91 Å². The second-order valence-electron chi connectivity index (χ2n) is 8.86. The third kappa shape index (κ3) is 8.68. The number of halogens is 1. The lowest BCUT2D eigenvalue weighted by atomic mass is 10.1. The number of nitro benzene ring substituents is 1. The highest BCUT2D eigenvalue weighted by atomic mass is 35.5. The van der Waals surface area contributed by atoms with Crippen LogP contribution in [-0.2, 0) is 9.59 Å². The lowest BCUT2D eigenvalue weighted by molar-refractivity contribution is -0.385. The van der Waals surface area contributed by atoms with E-state index in [1.165, 1.54) is 43.1 Å². The van der Waals surface area contributed by atoms with E-state index in [9.17, 15) is 24.5 Å². The number of hydrogen-bond donors (Lipinski definition) is 3. The number of carbonyl (C=O) groups excluding carboxylic acids is 3. The number of nitrogens with one attached hydrogen (secondary N) is 3. The van der Waals surface area contributed by atoms with Crippen molar-refractivity contribution in [3.05, 3.63) is 129 Å². The van der Waals surface area contributed by atoms with Gasteiger partial charge in [0.05, 0.1) is 28.4 Å².